The van der Waals surface area contributed by atoms with Gasteiger partial charge in [0.2, 0.25) is 23.5 Å². The number of nitrogens with one attached hydrogen (secondary N) is 2. The number of hydrogen-bond acceptors (Lipinski definition) is 11. The summed E-state index contributed by atoms with van der Waals surface area (Å²) in [7, 11) is 1.92. The van der Waals surface area contributed by atoms with Crippen molar-refractivity contribution in [3.63, 3.8) is 0 Å². The van der Waals surface area contributed by atoms with E-state index in [9.17, 15) is 14.4 Å². The number of amides is 2. The summed E-state index contributed by atoms with van der Waals surface area (Å²) in [5, 5.41) is 12.4. The minimum absolute atomic E-state index is 0.214. The Labute approximate surface area is 354 Å². The molecule has 4 aromatic heterocycles. The SMILES string of the molecule is Cn1nc(C2CCC(=O)NC2=O)c2ccc(N3CCC(CN4CCN(c5ccc(Nc6ncc7c(=O)n(-c8c(Cl)cccc8Cl)c8nccn8c7n6)cc5)CC4)CC3)cc21. The molecular weight excluding hydrogens is 803 g/mol. The van der Waals surface area contributed by atoms with Crippen LogP contribution in [0.2, 0.25) is 10.0 Å². The quantitative estimate of drug-likeness (QED) is 0.176. The van der Waals surface area contributed by atoms with E-state index in [2.05, 4.69) is 65.6 Å². The van der Waals surface area contributed by atoms with Crippen LogP contribution in [0.3, 0.4) is 0 Å². The summed E-state index contributed by atoms with van der Waals surface area (Å²) in [6.45, 7) is 7.08. The Bertz CT molecular complexity index is 2840. The van der Waals surface area contributed by atoms with Gasteiger partial charge in [-0.1, -0.05) is 29.3 Å². The van der Waals surface area contributed by atoms with E-state index in [4.69, 9.17) is 33.3 Å². The van der Waals surface area contributed by atoms with Crippen molar-refractivity contribution in [3.05, 3.63) is 105 Å². The van der Waals surface area contributed by atoms with Gasteiger partial charge in [0.25, 0.3) is 5.56 Å². The molecule has 17 heteroatoms. The first-order valence-corrected chi connectivity index (χ1v) is 21.0. The van der Waals surface area contributed by atoms with Crippen molar-refractivity contribution in [2.45, 2.75) is 31.6 Å². The normalized spacial score (nSPS) is 18.2. The molecule has 10 rings (SSSR count). The number of halogens is 2. The number of aryl methyl sites for hydroxylation is 1. The highest BCUT2D eigenvalue weighted by atomic mass is 35.5. The second kappa shape index (κ2) is 15.5. The zero-order chi connectivity index (χ0) is 41.1. The number of anilines is 4. The standard InChI is InChI=1S/C43H42Cl2N12O3/c1-52-35-23-29(9-10-30(35)37(51-52)31-11-12-36(58)49-40(31)59)54-16-13-26(14-17-54)25-53-19-21-55(22-20-53)28-7-5-27(6-8-28)48-42-47-24-32-39(50-42)56-18-15-46-43(56)57(41(32)60)38-33(44)3-2-4-34(38)45/h2-10,15,18,23-24,26,31H,11-14,16-17,19-22,25H2,1H3,(H,47,48,50)(H,49,58,59). The number of rotatable bonds is 8. The van der Waals surface area contributed by atoms with E-state index >= 15 is 0 Å². The third-order valence-electron chi connectivity index (χ3n) is 12.2. The molecule has 0 bridgehead atoms. The molecule has 0 aliphatic carbocycles. The van der Waals surface area contributed by atoms with Crippen LogP contribution in [0.5, 0.6) is 0 Å². The molecule has 3 saturated heterocycles. The smallest absolute Gasteiger partial charge is 0.270 e. The van der Waals surface area contributed by atoms with Gasteiger partial charge < -0.3 is 15.1 Å². The molecular formula is C43H42Cl2N12O3. The van der Waals surface area contributed by atoms with Gasteiger partial charge in [-0.2, -0.15) is 10.1 Å². The van der Waals surface area contributed by atoms with Gasteiger partial charge in [-0.25, -0.2) is 14.5 Å². The molecule has 7 aromatic rings. The molecule has 2 N–H and O–H groups in total. The minimum Gasteiger partial charge on any atom is -0.371 e. The Morgan fingerprint density at radius 3 is 2.32 bits per heavy atom. The molecule has 0 saturated carbocycles. The summed E-state index contributed by atoms with van der Waals surface area (Å²) in [6.07, 6.45) is 7.96. The topological polar surface area (TPSA) is 151 Å². The minimum atomic E-state index is -0.402. The van der Waals surface area contributed by atoms with Crippen molar-refractivity contribution in [3.8, 4) is 5.69 Å². The predicted octanol–water partition coefficient (Wildman–Crippen LogP) is 5.92. The fourth-order valence-electron chi connectivity index (χ4n) is 9.00. The number of nitrogens with zero attached hydrogens (tertiary/aromatic N) is 10. The molecule has 7 heterocycles. The van der Waals surface area contributed by atoms with Crippen LogP contribution >= 0.6 is 23.2 Å². The number of piperazine rings is 1. The maximum Gasteiger partial charge on any atom is 0.270 e. The first-order valence-electron chi connectivity index (χ1n) is 20.3. The highest BCUT2D eigenvalue weighted by Gasteiger charge is 2.32. The van der Waals surface area contributed by atoms with Crippen LogP contribution in [-0.4, -0.2) is 96.2 Å². The number of fused-ring (bicyclic) bond motifs is 4. The number of hydrogen-bond donors (Lipinski definition) is 2. The average molecular weight is 846 g/mol. The van der Waals surface area contributed by atoms with E-state index in [1.807, 2.05) is 23.9 Å². The first-order chi connectivity index (χ1) is 29.2. The fourth-order valence-corrected chi connectivity index (χ4v) is 9.57. The number of aromatic nitrogens is 7. The van der Waals surface area contributed by atoms with E-state index in [0.717, 1.165) is 80.9 Å². The van der Waals surface area contributed by atoms with Crippen molar-refractivity contribution in [1.29, 1.82) is 0 Å². The molecule has 3 aromatic carbocycles. The Morgan fingerprint density at radius 2 is 1.57 bits per heavy atom. The summed E-state index contributed by atoms with van der Waals surface area (Å²) >= 11 is 13.0. The summed E-state index contributed by atoms with van der Waals surface area (Å²) in [5.41, 5.74) is 5.33. The monoisotopic (exact) mass is 844 g/mol. The molecule has 1 atom stereocenters. The van der Waals surface area contributed by atoms with E-state index in [-0.39, 0.29) is 17.4 Å². The van der Waals surface area contributed by atoms with Crippen LogP contribution in [0, 0.1) is 5.92 Å². The van der Waals surface area contributed by atoms with E-state index < -0.39 is 5.92 Å². The number of carbonyl (C=O) groups is 2. The highest BCUT2D eigenvalue weighted by Crippen LogP contribution is 2.34. The van der Waals surface area contributed by atoms with Crippen LogP contribution in [0.25, 0.3) is 33.4 Å². The number of imide groups is 1. The van der Waals surface area contributed by atoms with Crippen molar-refractivity contribution in [2.24, 2.45) is 13.0 Å². The average Bonchev–Trinajstić information content (AvgIpc) is 3.87. The van der Waals surface area contributed by atoms with Gasteiger partial charge in [0, 0.05) is 100 Å². The molecule has 3 aliphatic heterocycles. The lowest BCUT2D eigenvalue weighted by Gasteiger charge is -2.40. The molecule has 2 amide bonds. The lowest BCUT2D eigenvalue weighted by molar-refractivity contribution is -0.134. The molecule has 1 unspecified atom stereocenters. The molecule has 0 spiro atoms. The van der Waals surface area contributed by atoms with E-state index in [0.29, 0.717) is 57.3 Å². The second-order valence-corrected chi connectivity index (χ2v) is 16.7. The van der Waals surface area contributed by atoms with Crippen molar-refractivity contribution in [1.82, 2.24) is 43.9 Å². The predicted molar refractivity (Wildman–Crippen MR) is 233 cm³/mol. The third kappa shape index (κ3) is 6.99. The van der Waals surface area contributed by atoms with E-state index in [1.54, 1.807) is 35.0 Å². The lowest BCUT2D eigenvalue weighted by atomic mass is 9.92. The Balaban J connectivity index is 0.735. The van der Waals surface area contributed by atoms with Crippen LogP contribution in [-0.2, 0) is 16.6 Å². The van der Waals surface area contributed by atoms with Crippen LogP contribution in [0.15, 0.2) is 84.0 Å². The Hall–Kier alpha value is -6.03. The summed E-state index contributed by atoms with van der Waals surface area (Å²) in [4.78, 5) is 59.1. The molecule has 0 radical (unpaired) electrons. The van der Waals surface area contributed by atoms with Gasteiger partial charge in [0.05, 0.1) is 32.9 Å². The zero-order valence-electron chi connectivity index (χ0n) is 32.9. The first kappa shape index (κ1) is 38.2. The highest BCUT2D eigenvalue weighted by molar-refractivity contribution is 6.37. The van der Waals surface area contributed by atoms with Crippen LogP contribution in [0.4, 0.5) is 23.0 Å². The molecule has 306 valence electrons. The number of imidazole rings is 1. The largest absolute Gasteiger partial charge is 0.371 e. The molecule has 3 fully saturated rings. The van der Waals surface area contributed by atoms with Gasteiger partial charge in [0.1, 0.15) is 5.39 Å². The van der Waals surface area contributed by atoms with Gasteiger partial charge in [0.15, 0.2) is 5.65 Å². The maximum absolute atomic E-state index is 13.7. The molecule has 60 heavy (non-hydrogen) atoms. The summed E-state index contributed by atoms with van der Waals surface area (Å²) in [5.74, 6) is 0.472. The number of para-hydroxylation sites is 1. The second-order valence-electron chi connectivity index (χ2n) is 15.8. The fraction of sp³-hybridized carbons (Fsp3) is 0.326. The summed E-state index contributed by atoms with van der Waals surface area (Å²) in [6, 6.07) is 19.8. The van der Waals surface area contributed by atoms with E-state index in [1.165, 1.54) is 22.1 Å². The molecule has 3 aliphatic rings. The van der Waals surface area contributed by atoms with Gasteiger partial charge in [-0.05, 0) is 79.8 Å². The third-order valence-corrected chi connectivity index (χ3v) is 12.8. The van der Waals surface area contributed by atoms with Crippen molar-refractivity contribution >= 4 is 85.7 Å². The lowest BCUT2D eigenvalue weighted by Crippen LogP contribution is -2.49. The van der Waals surface area contributed by atoms with Crippen LogP contribution in [0.1, 0.15) is 37.3 Å². The number of piperidine rings is 2. The van der Waals surface area contributed by atoms with Crippen LogP contribution < -0.4 is 26.0 Å². The Kier molecular flexibility index (Phi) is 9.89. The van der Waals surface area contributed by atoms with Crippen molar-refractivity contribution < 1.29 is 9.59 Å². The molecule has 15 nitrogen and oxygen atoms in total. The number of carbonyl (C=O) groups excluding carboxylic acids is 2. The Morgan fingerprint density at radius 1 is 0.833 bits per heavy atom. The van der Waals surface area contributed by atoms with Crippen molar-refractivity contribution in [2.75, 3.05) is 60.9 Å². The maximum atomic E-state index is 13.7. The zero-order valence-corrected chi connectivity index (χ0v) is 34.4. The summed E-state index contributed by atoms with van der Waals surface area (Å²) < 4.78 is 4.97. The van der Waals surface area contributed by atoms with Gasteiger partial charge in [-0.3, -0.25) is 33.7 Å². The number of benzene rings is 3. The van der Waals surface area contributed by atoms with Gasteiger partial charge in [-0.15, -0.1) is 0 Å². The van der Waals surface area contributed by atoms with Gasteiger partial charge >= 0.3 is 0 Å².